The SMILES string of the molecule is NC(=O)CCN(C(=O)[C@@H]1C[C@H]1c1ccccc1)c1ccccc1. The van der Waals surface area contributed by atoms with E-state index in [-0.39, 0.29) is 24.2 Å². The van der Waals surface area contributed by atoms with E-state index in [1.54, 1.807) is 4.90 Å². The molecule has 2 aromatic carbocycles. The standard InChI is InChI=1S/C19H20N2O2/c20-18(22)11-12-21(15-9-5-2-6-10-15)19(23)17-13-16(17)14-7-3-1-4-8-14/h1-10,16-17H,11-13H2,(H2,20,22)/t16-,17+/m0/s1. The molecule has 0 unspecified atom stereocenters. The van der Waals surface area contributed by atoms with Crippen molar-refractivity contribution in [1.29, 1.82) is 0 Å². The van der Waals surface area contributed by atoms with Crippen molar-refractivity contribution >= 4 is 17.5 Å². The molecule has 2 N–H and O–H groups in total. The molecule has 0 aromatic heterocycles. The van der Waals surface area contributed by atoms with Crippen LogP contribution in [0.15, 0.2) is 60.7 Å². The van der Waals surface area contributed by atoms with Crippen LogP contribution in [0.25, 0.3) is 0 Å². The summed E-state index contributed by atoms with van der Waals surface area (Å²) in [6, 6.07) is 19.6. The van der Waals surface area contributed by atoms with E-state index in [9.17, 15) is 9.59 Å². The molecule has 1 saturated carbocycles. The third-order valence-corrected chi connectivity index (χ3v) is 4.25. The molecule has 0 saturated heterocycles. The first kappa shape index (κ1) is 15.3. The van der Waals surface area contributed by atoms with Gasteiger partial charge in [-0.15, -0.1) is 0 Å². The van der Waals surface area contributed by atoms with E-state index in [2.05, 4.69) is 12.1 Å². The number of amides is 2. The third-order valence-electron chi connectivity index (χ3n) is 4.25. The minimum Gasteiger partial charge on any atom is -0.370 e. The van der Waals surface area contributed by atoms with Gasteiger partial charge in [-0.2, -0.15) is 0 Å². The van der Waals surface area contributed by atoms with Crippen molar-refractivity contribution in [1.82, 2.24) is 0 Å². The van der Waals surface area contributed by atoms with Gasteiger partial charge in [-0.05, 0) is 30.0 Å². The average molecular weight is 308 g/mol. The molecule has 23 heavy (non-hydrogen) atoms. The van der Waals surface area contributed by atoms with Crippen LogP contribution in [-0.4, -0.2) is 18.4 Å². The van der Waals surface area contributed by atoms with Crippen molar-refractivity contribution in [2.45, 2.75) is 18.8 Å². The van der Waals surface area contributed by atoms with Gasteiger partial charge < -0.3 is 10.6 Å². The van der Waals surface area contributed by atoms with Gasteiger partial charge in [0.05, 0.1) is 0 Å². The monoisotopic (exact) mass is 308 g/mol. The molecule has 1 fully saturated rings. The lowest BCUT2D eigenvalue weighted by molar-refractivity contribution is -0.120. The van der Waals surface area contributed by atoms with Crippen LogP contribution in [0.2, 0.25) is 0 Å². The van der Waals surface area contributed by atoms with Gasteiger partial charge in [-0.3, -0.25) is 9.59 Å². The summed E-state index contributed by atoms with van der Waals surface area (Å²) in [6.07, 6.45) is 1.03. The third kappa shape index (κ3) is 3.59. The van der Waals surface area contributed by atoms with Crippen LogP contribution in [0.4, 0.5) is 5.69 Å². The maximum Gasteiger partial charge on any atom is 0.230 e. The van der Waals surface area contributed by atoms with E-state index in [1.165, 1.54) is 5.56 Å². The van der Waals surface area contributed by atoms with Gasteiger partial charge in [0.1, 0.15) is 0 Å². The van der Waals surface area contributed by atoms with E-state index >= 15 is 0 Å². The molecule has 0 heterocycles. The second kappa shape index (κ2) is 6.65. The quantitative estimate of drug-likeness (QED) is 0.891. The van der Waals surface area contributed by atoms with Gasteiger partial charge >= 0.3 is 0 Å². The number of hydrogen-bond donors (Lipinski definition) is 1. The molecule has 0 spiro atoms. The van der Waals surface area contributed by atoms with Crippen molar-refractivity contribution in [3.63, 3.8) is 0 Å². The van der Waals surface area contributed by atoms with E-state index < -0.39 is 5.91 Å². The molecule has 2 aromatic rings. The highest BCUT2D eigenvalue weighted by Crippen LogP contribution is 2.48. The number of para-hydroxylation sites is 1. The van der Waals surface area contributed by atoms with Crippen molar-refractivity contribution in [3.05, 3.63) is 66.2 Å². The molecule has 4 nitrogen and oxygen atoms in total. The van der Waals surface area contributed by atoms with Crippen LogP contribution >= 0.6 is 0 Å². The molecule has 118 valence electrons. The Morgan fingerprint density at radius 3 is 2.22 bits per heavy atom. The molecular formula is C19H20N2O2. The zero-order valence-electron chi connectivity index (χ0n) is 12.9. The number of hydrogen-bond acceptors (Lipinski definition) is 2. The second-order valence-corrected chi connectivity index (χ2v) is 5.90. The zero-order chi connectivity index (χ0) is 16.2. The summed E-state index contributed by atoms with van der Waals surface area (Å²) in [6.45, 7) is 0.330. The first-order valence-corrected chi connectivity index (χ1v) is 7.86. The fraction of sp³-hybridized carbons (Fsp3) is 0.263. The Balaban J connectivity index is 1.75. The molecule has 2 atom stereocenters. The number of primary amides is 1. The summed E-state index contributed by atoms with van der Waals surface area (Å²) in [5.74, 6) is -0.0468. The Kier molecular flexibility index (Phi) is 4.42. The average Bonchev–Trinajstić information content (AvgIpc) is 3.37. The van der Waals surface area contributed by atoms with E-state index in [0.717, 1.165) is 12.1 Å². The number of rotatable bonds is 6. The summed E-state index contributed by atoms with van der Waals surface area (Å²) in [4.78, 5) is 25.7. The lowest BCUT2D eigenvalue weighted by Crippen LogP contribution is -2.35. The van der Waals surface area contributed by atoms with Gasteiger partial charge in [0.15, 0.2) is 0 Å². The van der Waals surface area contributed by atoms with Crippen LogP contribution < -0.4 is 10.6 Å². The molecule has 1 aliphatic rings. The Hall–Kier alpha value is -2.62. The maximum absolute atomic E-state index is 12.9. The highest BCUT2D eigenvalue weighted by atomic mass is 16.2. The summed E-state index contributed by atoms with van der Waals surface area (Å²) < 4.78 is 0. The number of carbonyl (C=O) groups excluding carboxylic acids is 2. The van der Waals surface area contributed by atoms with Crippen LogP contribution in [0.3, 0.4) is 0 Å². The zero-order valence-corrected chi connectivity index (χ0v) is 12.9. The summed E-state index contributed by atoms with van der Waals surface area (Å²) >= 11 is 0. The fourth-order valence-electron chi connectivity index (χ4n) is 2.93. The summed E-state index contributed by atoms with van der Waals surface area (Å²) in [7, 11) is 0. The lowest BCUT2D eigenvalue weighted by atomic mass is 10.1. The Labute approximate surface area is 135 Å². The molecule has 0 bridgehead atoms. The highest BCUT2D eigenvalue weighted by molar-refractivity contribution is 5.98. The predicted molar refractivity (Wildman–Crippen MR) is 89.9 cm³/mol. The molecule has 0 radical (unpaired) electrons. The van der Waals surface area contributed by atoms with E-state index in [4.69, 9.17) is 5.73 Å². The van der Waals surface area contributed by atoms with Crippen molar-refractivity contribution < 1.29 is 9.59 Å². The van der Waals surface area contributed by atoms with Crippen molar-refractivity contribution in [3.8, 4) is 0 Å². The largest absolute Gasteiger partial charge is 0.370 e. The van der Waals surface area contributed by atoms with Crippen LogP contribution in [0.5, 0.6) is 0 Å². The smallest absolute Gasteiger partial charge is 0.230 e. The maximum atomic E-state index is 12.9. The van der Waals surface area contributed by atoms with Gasteiger partial charge in [0.2, 0.25) is 11.8 Å². The first-order valence-electron chi connectivity index (χ1n) is 7.86. The number of carbonyl (C=O) groups is 2. The molecule has 1 aliphatic carbocycles. The van der Waals surface area contributed by atoms with Gasteiger partial charge in [-0.1, -0.05) is 48.5 Å². The summed E-state index contributed by atoms with van der Waals surface area (Å²) in [5, 5.41) is 0. The number of benzene rings is 2. The van der Waals surface area contributed by atoms with Crippen LogP contribution in [-0.2, 0) is 9.59 Å². The fourth-order valence-corrected chi connectivity index (χ4v) is 2.93. The highest BCUT2D eigenvalue weighted by Gasteiger charge is 2.45. The van der Waals surface area contributed by atoms with Crippen molar-refractivity contribution in [2.24, 2.45) is 11.7 Å². The minimum absolute atomic E-state index is 0.00881. The first-order chi connectivity index (χ1) is 11.2. The molecule has 3 rings (SSSR count). The number of nitrogens with two attached hydrogens (primary N) is 1. The van der Waals surface area contributed by atoms with Crippen molar-refractivity contribution in [2.75, 3.05) is 11.4 Å². The molecule has 0 aliphatic heterocycles. The lowest BCUT2D eigenvalue weighted by Gasteiger charge is -2.22. The Morgan fingerprint density at radius 2 is 1.61 bits per heavy atom. The Morgan fingerprint density at radius 1 is 1.00 bits per heavy atom. The summed E-state index contributed by atoms with van der Waals surface area (Å²) in [5.41, 5.74) is 7.27. The predicted octanol–water partition coefficient (Wildman–Crippen LogP) is 2.70. The Bertz CT molecular complexity index is 685. The van der Waals surface area contributed by atoms with Crippen LogP contribution in [0, 0.1) is 5.92 Å². The number of nitrogens with zero attached hydrogens (tertiary/aromatic N) is 1. The van der Waals surface area contributed by atoms with Gasteiger partial charge in [0.25, 0.3) is 0 Å². The van der Waals surface area contributed by atoms with E-state index in [0.29, 0.717) is 6.54 Å². The topological polar surface area (TPSA) is 63.4 Å². The van der Waals surface area contributed by atoms with E-state index in [1.807, 2.05) is 48.5 Å². The molecule has 2 amide bonds. The molecular weight excluding hydrogens is 288 g/mol. The normalized spacial score (nSPS) is 19.1. The van der Waals surface area contributed by atoms with Gasteiger partial charge in [-0.25, -0.2) is 0 Å². The van der Waals surface area contributed by atoms with Gasteiger partial charge in [0, 0.05) is 24.6 Å². The minimum atomic E-state index is -0.394. The molecule has 4 heteroatoms. The number of anilines is 1. The van der Waals surface area contributed by atoms with Crippen LogP contribution in [0.1, 0.15) is 24.3 Å². The second-order valence-electron chi connectivity index (χ2n) is 5.90.